The fourth-order valence-corrected chi connectivity index (χ4v) is 1.79. The quantitative estimate of drug-likeness (QED) is 0.589. The van der Waals surface area contributed by atoms with Crippen LogP contribution in [-0.4, -0.2) is 11.0 Å². The summed E-state index contributed by atoms with van der Waals surface area (Å²) in [5, 5.41) is 11.9. The van der Waals surface area contributed by atoms with Crippen molar-refractivity contribution < 1.29 is 9.90 Å². The third kappa shape index (κ3) is 3.70. The van der Waals surface area contributed by atoms with Gasteiger partial charge in [-0.1, -0.05) is 30.3 Å². The molecule has 2 aromatic rings. The molecule has 0 aromatic heterocycles. The average molecular weight is 268 g/mol. The van der Waals surface area contributed by atoms with Crippen molar-refractivity contribution >= 4 is 23.4 Å². The minimum Gasteiger partial charge on any atom is -0.399 e. The topological polar surface area (TPSA) is 75.4 Å². The minimum absolute atomic E-state index is 0.116. The fourth-order valence-electron chi connectivity index (χ4n) is 1.79. The Morgan fingerprint density at radius 1 is 1.20 bits per heavy atom. The zero-order valence-electron chi connectivity index (χ0n) is 10.9. The van der Waals surface area contributed by atoms with Crippen molar-refractivity contribution in [2.45, 2.75) is 6.61 Å². The SMILES string of the molecule is Nc1cccc(/C=C/C(=O)Nc2ccccc2CO)c1. The molecule has 0 aliphatic carbocycles. The molecule has 4 heteroatoms. The number of carbonyl (C=O) groups is 1. The molecule has 0 spiro atoms. The number of nitrogens with one attached hydrogen (secondary N) is 1. The molecule has 2 aromatic carbocycles. The van der Waals surface area contributed by atoms with E-state index in [2.05, 4.69) is 5.32 Å². The Bertz CT molecular complexity index is 636. The van der Waals surface area contributed by atoms with Gasteiger partial charge in [-0.25, -0.2) is 0 Å². The number of hydrogen-bond acceptors (Lipinski definition) is 3. The Labute approximate surface area is 117 Å². The van der Waals surface area contributed by atoms with E-state index >= 15 is 0 Å². The van der Waals surface area contributed by atoms with E-state index in [0.717, 1.165) is 5.56 Å². The molecule has 0 saturated carbocycles. The maximum Gasteiger partial charge on any atom is 0.248 e. The fraction of sp³-hybridized carbons (Fsp3) is 0.0625. The average Bonchev–Trinajstić information content (AvgIpc) is 2.46. The summed E-state index contributed by atoms with van der Waals surface area (Å²) in [6, 6.07) is 14.4. The van der Waals surface area contributed by atoms with Crippen LogP contribution in [0.5, 0.6) is 0 Å². The third-order valence-electron chi connectivity index (χ3n) is 2.78. The zero-order chi connectivity index (χ0) is 14.4. The lowest BCUT2D eigenvalue weighted by Gasteiger charge is -2.07. The van der Waals surface area contributed by atoms with E-state index in [9.17, 15) is 9.90 Å². The number of nitrogen functional groups attached to an aromatic ring is 1. The summed E-state index contributed by atoms with van der Waals surface area (Å²) < 4.78 is 0. The molecular weight excluding hydrogens is 252 g/mol. The van der Waals surface area contributed by atoms with Gasteiger partial charge in [0.05, 0.1) is 6.61 Å². The summed E-state index contributed by atoms with van der Waals surface area (Å²) in [4.78, 5) is 11.8. The summed E-state index contributed by atoms with van der Waals surface area (Å²) in [6.45, 7) is -0.116. The molecule has 0 radical (unpaired) electrons. The van der Waals surface area contributed by atoms with E-state index in [1.165, 1.54) is 6.08 Å². The van der Waals surface area contributed by atoms with E-state index in [-0.39, 0.29) is 12.5 Å². The zero-order valence-corrected chi connectivity index (χ0v) is 10.9. The Morgan fingerprint density at radius 2 is 2.00 bits per heavy atom. The molecule has 0 aliphatic rings. The number of hydrogen-bond donors (Lipinski definition) is 3. The number of amides is 1. The van der Waals surface area contributed by atoms with Crippen LogP contribution in [0, 0.1) is 0 Å². The lowest BCUT2D eigenvalue weighted by atomic mass is 10.1. The van der Waals surface area contributed by atoms with Gasteiger partial charge in [0.2, 0.25) is 5.91 Å². The highest BCUT2D eigenvalue weighted by Crippen LogP contribution is 2.15. The van der Waals surface area contributed by atoms with E-state index < -0.39 is 0 Å². The van der Waals surface area contributed by atoms with Crippen LogP contribution in [0.4, 0.5) is 11.4 Å². The van der Waals surface area contributed by atoms with Crippen molar-refractivity contribution in [3.63, 3.8) is 0 Å². The predicted octanol–water partition coefficient (Wildman–Crippen LogP) is 2.41. The van der Waals surface area contributed by atoms with Gasteiger partial charge in [0.15, 0.2) is 0 Å². The van der Waals surface area contributed by atoms with Gasteiger partial charge in [-0.3, -0.25) is 4.79 Å². The van der Waals surface area contributed by atoms with Crippen LogP contribution in [0.25, 0.3) is 6.08 Å². The van der Waals surface area contributed by atoms with Gasteiger partial charge in [-0.15, -0.1) is 0 Å². The molecule has 0 saturated heterocycles. The molecule has 0 fully saturated rings. The smallest absolute Gasteiger partial charge is 0.248 e. The maximum atomic E-state index is 11.8. The van der Waals surface area contributed by atoms with Gasteiger partial charge in [0.1, 0.15) is 0 Å². The van der Waals surface area contributed by atoms with Crippen LogP contribution in [-0.2, 0) is 11.4 Å². The predicted molar refractivity (Wildman–Crippen MR) is 80.9 cm³/mol. The van der Waals surface area contributed by atoms with Crippen LogP contribution in [0.1, 0.15) is 11.1 Å². The highest BCUT2D eigenvalue weighted by atomic mass is 16.3. The van der Waals surface area contributed by atoms with Crippen molar-refractivity contribution in [2.75, 3.05) is 11.1 Å². The lowest BCUT2D eigenvalue weighted by Crippen LogP contribution is -2.09. The first kappa shape index (κ1) is 13.8. The first-order chi connectivity index (χ1) is 9.69. The number of aliphatic hydroxyl groups is 1. The Balaban J connectivity index is 2.06. The monoisotopic (exact) mass is 268 g/mol. The molecule has 102 valence electrons. The summed E-state index contributed by atoms with van der Waals surface area (Å²) in [6.07, 6.45) is 3.12. The number of rotatable bonds is 4. The second-order valence-electron chi connectivity index (χ2n) is 4.31. The first-order valence-electron chi connectivity index (χ1n) is 6.22. The van der Waals surface area contributed by atoms with Crippen LogP contribution in [0.2, 0.25) is 0 Å². The van der Waals surface area contributed by atoms with Crippen molar-refractivity contribution in [3.8, 4) is 0 Å². The second-order valence-corrected chi connectivity index (χ2v) is 4.31. The highest BCUT2D eigenvalue weighted by Gasteiger charge is 2.02. The van der Waals surface area contributed by atoms with Crippen LogP contribution in [0.15, 0.2) is 54.6 Å². The van der Waals surface area contributed by atoms with Gasteiger partial charge in [-0.05, 0) is 29.8 Å². The number of benzene rings is 2. The van der Waals surface area contributed by atoms with Crippen molar-refractivity contribution in [3.05, 3.63) is 65.7 Å². The molecule has 0 bridgehead atoms. The summed E-state index contributed by atoms with van der Waals surface area (Å²) in [5.41, 5.74) is 8.46. The first-order valence-corrected chi connectivity index (χ1v) is 6.22. The van der Waals surface area contributed by atoms with Gasteiger partial charge in [0.25, 0.3) is 0 Å². The highest BCUT2D eigenvalue weighted by molar-refractivity contribution is 6.02. The van der Waals surface area contributed by atoms with Gasteiger partial charge < -0.3 is 16.2 Å². The number of anilines is 2. The normalized spacial score (nSPS) is 10.7. The molecule has 0 atom stereocenters. The molecule has 4 nitrogen and oxygen atoms in total. The molecule has 0 unspecified atom stereocenters. The van der Waals surface area contributed by atoms with Gasteiger partial charge in [0, 0.05) is 23.0 Å². The molecule has 1 amide bonds. The van der Waals surface area contributed by atoms with E-state index in [0.29, 0.717) is 16.9 Å². The second kappa shape index (κ2) is 6.54. The number of aliphatic hydroxyl groups excluding tert-OH is 1. The largest absolute Gasteiger partial charge is 0.399 e. The Hall–Kier alpha value is -2.59. The summed E-state index contributed by atoms with van der Waals surface area (Å²) in [7, 11) is 0. The number of nitrogens with two attached hydrogens (primary N) is 1. The van der Waals surface area contributed by atoms with Gasteiger partial charge >= 0.3 is 0 Å². The molecule has 20 heavy (non-hydrogen) atoms. The van der Waals surface area contributed by atoms with E-state index in [1.54, 1.807) is 36.4 Å². The summed E-state index contributed by atoms with van der Waals surface area (Å²) in [5.74, 6) is -0.256. The summed E-state index contributed by atoms with van der Waals surface area (Å²) >= 11 is 0. The van der Waals surface area contributed by atoms with Crippen molar-refractivity contribution in [2.24, 2.45) is 0 Å². The van der Waals surface area contributed by atoms with Crippen LogP contribution >= 0.6 is 0 Å². The van der Waals surface area contributed by atoms with Crippen molar-refractivity contribution in [1.82, 2.24) is 0 Å². The van der Waals surface area contributed by atoms with Crippen molar-refractivity contribution in [1.29, 1.82) is 0 Å². The molecule has 4 N–H and O–H groups in total. The standard InChI is InChI=1S/C16H16N2O2/c17-14-6-3-4-12(10-14)8-9-16(20)18-15-7-2-1-5-13(15)11-19/h1-10,19H,11,17H2,(H,18,20)/b9-8+. The molecule has 0 heterocycles. The van der Waals surface area contributed by atoms with Crippen LogP contribution in [0.3, 0.4) is 0 Å². The molecular formula is C16H16N2O2. The lowest BCUT2D eigenvalue weighted by molar-refractivity contribution is -0.111. The third-order valence-corrected chi connectivity index (χ3v) is 2.78. The van der Waals surface area contributed by atoms with E-state index in [4.69, 9.17) is 5.73 Å². The number of carbonyl (C=O) groups excluding carboxylic acids is 1. The molecule has 2 rings (SSSR count). The molecule has 0 aliphatic heterocycles. The minimum atomic E-state index is -0.256. The van der Waals surface area contributed by atoms with E-state index in [1.807, 2.05) is 18.2 Å². The number of para-hydroxylation sites is 1. The Morgan fingerprint density at radius 3 is 2.75 bits per heavy atom. The van der Waals surface area contributed by atoms with Gasteiger partial charge in [-0.2, -0.15) is 0 Å². The Kier molecular flexibility index (Phi) is 4.52. The van der Waals surface area contributed by atoms with Crippen LogP contribution < -0.4 is 11.1 Å². The maximum absolute atomic E-state index is 11.8.